The number of piperidine rings is 1. The van der Waals surface area contributed by atoms with E-state index in [4.69, 9.17) is 5.73 Å². The molecule has 1 aliphatic heterocycles. The summed E-state index contributed by atoms with van der Waals surface area (Å²) < 4.78 is 0. The number of halogens is 1. The summed E-state index contributed by atoms with van der Waals surface area (Å²) in [6.07, 6.45) is 3.63. The zero-order valence-corrected chi connectivity index (χ0v) is 13.3. The zero-order valence-electron chi connectivity index (χ0n) is 12.5. The first-order valence-corrected chi connectivity index (χ1v) is 7.53. The van der Waals surface area contributed by atoms with Gasteiger partial charge in [-0.05, 0) is 24.8 Å². The van der Waals surface area contributed by atoms with Crippen LogP contribution in [0.2, 0.25) is 0 Å². The van der Waals surface area contributed by atoms with Crippen molar-refractivity contribution in [2.24, 2.45) is 5.73 Å². The van der Waals surface area contributed by atoms with E-state index in [-0.39, 0.29) is 18.3 Å². The fourth-order valence-electron chi connectivity index (χ4n) is 2.66. The third-order valence-corrected chi connectivity index (χ3v) is 3.88. The minimum Gasteiger partial charge on any atom is -0.353 e. The molecule has 1 aromatic carbocycles. The van der Waals surface area contributed by atoms with Crippen molar-refractivity contribution in [1.82, 2.24) is 10.2 Å². The van der Waals surface area contributed by atoms with Gasteiger partial charge in [-0.25, -0.2) is 0 Å². The second-order valence-corrected chi connectivity index (χ2v) is 5.46. The van der Waals surface area contributed by atoms with E-state index in [0.29, 0.717) is 19.0 Å². The standard InChI is InChI=1S/C16H25N3O.ClH/c17-10-6-16(20)18-15-8-12-19(13-9-15)11-7-14-4-2-1-3-5-14;/h1-5,15H,6-13,17H2,(H,18,20);1H. The molecule has 1 aliphatic rings. The highest BCUT2D eigenvalue weighted by molar-refractivity contribution is 5.85. The molecule has 5 heteroatoms. The van der Waals surface area contributed by atoms with Gasteiger partial charge in [-0.15, -0.1) is 12.4 Å². The van der Waals surface area contributed by atoms with E-state index < -0.39 is 0 Å². The lowest BCUT2D eigenvalue weighted by Gasteiger charge is -2.32. The minimum absolute atomic E-state index is 0. The average Bonchev–Trinajstić information content (AvgIpc) is 2.48. The van der Waals surface area contributed by atoms with Gasteiger partial charge in [0, 0.05) is 38.6 Å². The summed E-state index contributed by atoms with van der Waals surface area (Å²) >= 11 is 0. The molecular formula is C16H26ClN3O. The van der Waals surface area contributed by atoms with Crippen LogP contribution in [0.1, 0.15) is 24.8 Å². The Hall–Kier alpha value is -1.10. The molecule has 1 saturated heterocycles. The minimum atomic E-state index is 0. The first-order chi connectivity index (χ1) is 9.78. The van der Waals surface area contributed by atoms with E-state index in [1.54, 1.807) is 0 Å². The summed E-state index contributed by atoms with van der Waals surface area (Å²) in [5.74, 6) is 0.0928. The van der Waals surface area contributed by atoms with Gasteiger partial charge in [-0.1, -0.05) is 30.3 Å². The number of amides is 1. The Balaban J connectivity index is 0.00000220. The quantitative estimate of drug-likeness (QED) is 0.838. The monoisotopic (exact) mass is 311 g/mol. The molecule has 1 amide bonds. The molecular weight excluding hydrogens is 286 g/mol. The third-order valence-electron chi connectivity index (χ3n) is 3.88. The lowest BCUT2D eigenvalue weighted by Crippen LogP contribution is -2.45. The zero-order chi connectivity index (χ0) is 14.2. The summed E-state index contributed by atoms with van der Waals surface area (Å²) in [5, 5.41) is 3.07. The van der Waals surface area contributed by atoms with E-state index in [0.717, 1.165) is 38.9 Å². The normalized spacial score (nSPS) is 16.2. The number of nitrogens with one attached hydrogen (secondary N) is 1. The average molecular weight is 312 g/mol. The Morgan fingerprint density at radius 2 is 1.90 bits per heavy atom. The largest absolute Gasteiger partial charge is 0.353 e. The molecule has 0 saturated carbocycles. The molecule has 4 nitrogen and oxygen atoms in total. The SMILES string of the molecule is Cl.NCCC(=O)NC1CCN(CCc2ccccc2)CC1. The number of benzene rings is 1. The molecule has 0 radical (unpaired) electrons. The van der Waals surface area contributed by atoms with Crippen molar-refractivity contribution in [3.8, 4) is 0 Å². The summed E-state index contributed by atoms with van der Waals surface area (Å²) in [7, 11) is 0. The predicted molar refractivity (Wildman–Crippen MR) is 88.7 cm³/mol. The molecule has 0 unspecified atom stereocenters. The Bertz CT molecular complexity index is 405. The highest BCUT2D eigenvalue weighted by Gasteiger charge is 2.19. The topological polar surface area (TPSA) is 58.4 Å². The van der Waals surface area contributed by atoms with Crippen molar-refractivity contribution < 1.29 is 4.79 Å². The number of carbonyl (C=O) groups excluding carboxylic acids is 1. The van der Waals surface area contributed by atoms with Gasteiger partial charge in [0.05, 0.1) is 0 Å². The van der Waals surface area contributed by atoms with Crippen molar-refractivity contribution in [1.29, 1.82) is 0 Å². The summed E-state index contributed by atoms with van der Waals surface area (Å²) in [4.78, 5) is 14.0. The molecule has 2 rings (SSSR count). The highest BCUT2D eigenvalue weighted by Crippen LogP contribution is 2.11. The van der Waals surface area contributed by atoms with Crippen LogP contribution < -0.4 is 11.1 Å². The lowest BCUT2D eigenvalue weighted by molar-refractivity contribution is -0.121. The molecule has 1 heterocycles. The molecule has 0 atom stereocenters. The molecule has 1 aromatic rings. The molecule has 0 aromatic heterocycles. The second kappa shape index (κ2) is 9.77. The summed E-state index contributed by atoms with van der Waals surface area (Å²) in [6, 6.07) is 10.9. The first-order valence-electron chi connectivity index (χ1n) is 7.53. The highest BCUT2D eigenvalue weighted by atomic mass is 35.5. The molecule has 118 valence electrons. The third kappa shape index (κ3) is 6.46. The van der Waals surface area contributed by atoms with E-state index in [9.17, 15) is 4.79 Å². The van der Waals surface area contributed by atoms with Crippen LogP contribution in [0.15, 0.2) is 30.3 Å². The van der Waals surface area contributed by atoms with Crippen LogP contribution in [0, 0.1) is 0 Å². The predicted octanol–water partition coefficient (Wildman–Crippen LogP) is 1.58. The Morgan fingerprint density at radius 1 is 1.24 bits per heavy atom. The fourth-order valence-corrected chi connectivity index (χ4v) is 2.66. The van der Waals surface area contributed by atoms with Crippen molar-refractivity contribution in [2.75, 3.05) is 26.2 Å². The molecule has 1 fully saturated rings. The fraction of sp³-hybridized carbons (Fsp3) is 0.562. The number of nitrogens with zero attached hydrogens (tertiary/aromatic N) is 1. The smallest absolute Gasteiger partial charge is 0.221 e. The molecule has 3 N–H and O–H groups in total. The molecule has 0 spiro atoms. The molecule has 0 aliphatic carbocycles. The number of rotatable bonds is 6. The summed E-state index contributed by atoms with van der Waals surface area (Å²) in [5.41, 5.74) is 6.78. The Morgan fingerprint density at radius 3 is 2.52 bits per heavy atom. The number of likely N-dealkylation sites (tertiary alicyclic amines) is 1. The van der Waals surface area contributed by atoms with Gasteiger partial charge in [0.1, 0.15) is 0 Å². The number of hydrogen-bond donors (Lipinski definition) is 2. The van der Waals surface area contributed by atoms with Gasteiger partial charge in [0.15, 0.2) is 0 Å². The van der Waals surface area contributed by atoms with Crippen LogP contribution >= 0.6 is 12.4 Å². The maximum atomic E-state index is 11.5. The van der Waals surface area contributed by atoms with E-state index in [1.807, 2.05) is 0 Å². The van der Waals surface area contributed by atoms with Crippen molar-refractivity contribution >= 4 is 18.3 Å². The molecule has 21 heavy (non-hydrogen) atoms. The Labute approximate surface area is 133 Å². The number of hydrogen-bond acceptors (Lipinski definition) is 3. The van der Waals surface area contributed by atoms with Crippen LogP contribution in [-0.4, -0.2) is 43.0 Å². The van der Waals surface area contributed by atoms with Crippen LogP contribution in [0.5, 0.6) is 0 Å². The van der Waals surface area contributed by atoms with Gasteiger partial charge in [0.2, 0.25) is 5.91 Å². The van der Waals surface area contributed by atoms with Crippen LogP contribution in [0.3, 0.4) is 0 Å². The maximum absolute atomic E-state index is 11.5. The number of carbonyl (C=O) groups is 1. The lowest BCUT2D eigenvalue weighted by atomic mass is 10.0. The van der Waals surface area contributed by atoms with Crippen molar-refractivity contribution in [2.45, 2.75) is 31.7 Å². The number of nitrogens with two attached hydrogens (primary N) is 1. The van der Waals surface area contributed by atoms with Crippen LogP contribution in [0.25, 0.3) is 0 Å². The van der Waals surface area contributed by atoms with E-state index >= 15 is 0 Å². The van der Waals surface area contributed by atoms with Gasteiger partial charge in [-0.3, -0.25) is 4.79 Å². The van der Waals surface area contributed by atoms with Crippen molar-refractivity contribution in [3.05, 3.63) is 35.9 Å². The maximum Gasteiger partial charge on any atom is 0.221 e. The van der Waals surface area contributed by atoms with Gasteiger partial charge < -0.3 is 16.0 Å². The Kier molecular flexibility index (Phi) is 8.35. The second-order valence-electron chi connectivity index (χ2n) is 5.46. The van der Waals surface area contributed by atoms with E-state index in [2.05, 4.69) is 40.5 Å². The van der Waals surface area contributed by atoms with Crippen LogP contribution in [-0.2, 0) is 11.2 Å². The van der Waals surface area contributed by atoms with Gasteiger partial charge in [0.25, 0.3) is 0 Å². The van der Waals surface area contributed by atoms with Crippen LogP contribution in [0.4, 0.5) is 0 Å². The van der Waals surface area contributed by atoms with Gasteiger partial charge in [-0.2, -0.15) is 0 Å². The van der Waals surface area contributed by atoms with E-state index in [1.165, 1.54) is 5.56 Å². The first kappa shape index (κ1) is 18.0. The molecule has 0 bridgehead atoms. The van der Waals surface area contributed by atoms with Crippen molar-refractivity contribution in [3.63, 3.8) is 0 Å². The summed E-state index contributed by atoms with van der Waals surface area (Å²) in [6.45, 7) is 3.68. The van der Waals surface area contributed by atoms with Gasteiger partial charge >= 0.3 is 0 Å².